The number of hydrogen-bond acceptors (Lipinski definition) is 10. The van der Waals surface area contributed by atoms with Crippen LogP contribution in [0.5, 0.6) is 0 Å². The van der Waals surface area contributed by atoms with Crippen molar-refractivity contribution in [2.45, 2.75) is 50.4 Å². The fourth-order valence-corrected chi connectivity index (χ4v) is 5.77. The van der Waals surface area contributed by atoms with Crippen molar-refractivity contribution in [1.82, 2.24) is 45.7 Å². The minimum atomic E-state index is -0.862. The third kappa shape index (κ3) is 5.92. The number of likely N-dealkylation sites (N-methyl/N-ethyl adjacent to an activating group) is 1. The highest BCUT2D eigenvalue weighted by Crippen LogP contribution is 2.29. The van der Waals surface area contributed by atoms with E-state index in [0.29, 0.717) is 29.3 Å². The van der Waals surface area contributed by atoms with Crippen LogP contribution in [0.4, 0.5) is 5.82 Å². The van der Waals surface area contributed by atoms with Crippen molar-refractivity contribution in [3.63, 3.8) is 0 Å². The van der Waals surface area contributed by atoms with E-state index >= 15 is 0 Å². The minimum absolute atomic E-state index is 0.0707. The number of rotatable bonds is 5. The second-order valence-electron chi connectivity index (χ2n) is 9.11. The van der Waals surface area contributed by atoms with Crippen LogP contribution in [0.15, 0.2) is 24.7 Å². The standard InChI is InChI=1S/C22H25ClN10O3S/c1-32-7-6-15-17(10-32)37-22(28-15)21(36)27-16-8-13(33-11-25-30-31-33)3-4-14(16)26-19(34)20(35)29-18-5-2-12(23)9-24-18/h2,5,9,11,13-14,16H,3-4,6-8,10H2,1H3,(H,26,34)(H,27,36)(H,24,29,35)/t13-,14-,16+/m0/s1. The van der Waals surface area contributed by atoms with Crippen molar-refractivity contribution >= 4 is 46.5 Å². The molecule has 0 aromatic carbocycles. The molecule has 4 heterocycles. The molecule has 0 unspecified atom stereocenters. The largest absolute Gasteiger partial charge is 0.345 e. The summed E-state index contributed by atoms with van der Waals surface area (Å²) in [5, 5.41) is 20.5. The molecule has 5 rings (SSSR count). The molecule has 3 aromatic heterocycles. The van der Waals surface area contributed by atoms with E-state index in [2.05, 4.69) is 46.3 Å². The molecule has 3 aromatic rings. The van der Waals surface area contributed by atoms with Crippen molar-refractivity contribution in [3.8, 4) is 0 Å². The second-order valence-corrected chi connectivity index (χ2v) is 10.6. The molecule has 1 saturated carbocycles. The van der Waals surface area contributed by atoms with Gasteiger partial charge in [0.05, 0.1) is 22.8 Å². The van der Waals surface area contributed by atoms with Gasteiger partial charge in [-0.2, -0.15) is 0 Å². The molecule has 0 bridgehead atoms. The van der Waals surface area contributed by atoms with Gasteiger partial charge in [0.25, 0.3) is 5.91 Å². The number of nitrogens with one attached hydrogen (secondary N) is 3. The number of anilines is 1. The van der Waals surface area contributed by atoms with Crippen molar-refractivity contribution in [3.05, 3.63) is 45.3 Å². The molecule has 37 heavy (non-hydrogen) atoms. The maximum atomic E-state index is 13.2. The van der Waals surface area contributed by atoms with Gasteiger partial charge in [0.1, 0.15) is 12.1 Å². The Bertz CT molecular complexity index is 1280. The first-order valence-corrected chi connectivity index (χ1v) is 13.0. The highest BCUT2D eigenvalue weighted by molar-refractivity contribution is 7.13. The lowest BCUT2D eigenvalue weighted by molar-refractivity contribution is -0.136. The monoisotopic (exact) mass is 544 g/mol. The van der Waals surface area contributed by atoms with E-state index in [1.54, 1.807) is 10.7 Å². The Hall–Kier alpha value is -3.49. The Morgan fingerprint density at radius 2 is 2.00 bits per heavy atom. The van der Waals surface area contributed by atoms with Gasteiger partial charge in [0.15, 0.2) is 5.01 Å². The highest BCUT2D eigenvalue weighted by atomic mass is 35.5. The van der Waals surface area contributed by atoms with Crippen LogP contribution < -0.4 is 16.0 Å². The van der Waals surface area contributed by atoms with Crippen molar-refractivity contribution in [2.24, 2.45) is 0 Å². The Balaban J connectivity index is 1.28. The summed E-state index contributed by atoms with van der Waals surface area (Å²) in [7, 11) is 2.04. The number of tetrazole rings is 1. The molecular formula is C22H25ClN10O3S. The lowest BCUT2D eigenvalue weighted by atomic mass is 9.86. The van der Waals surface area contributed by atoms with Gasteiger partial charge in [0, 0.05) is 36.6 Å². The van der Waals surface area contributed by atoms with Crippen molar-refractivity contribution in [2.75, 3.05) is 18.9 Å². The molecular weight excluding hydrogens is 520 g/mol. The Labute approximate surface area is 221 Å². The number of amides is 3. The molecule has 15 heteroatoms. The smallest absolute Gasteiger partial charge is 0.314 e. The van der Waals surface area contributed by atoms with Crippen LogP contribution in [-0.4, -0.2) is 78.5 Å². The lowest BCUT2D eigenvalue weighted by Crippen LogP contribution is -2.56. The molecule has 0 saturated heterocycles. The number of carbonyl (C=O) groups excluding carboxylic acids is 3. The Morgan fingerprint density at radius 1 is 1.14 bits per heavy atom. The summed E-state index contributed by atoms with van der Waals surface area (Å²) in [5.74, 6) is -1.79. The van der Waals surface area contributed by atoms with E-state index in [0.717, 1.165) is 30.1 Å². The second kappa shape index (κ2) is 10.9. The molecule has 1 fully saturated rings. The normalized spacial score (nSPS) is 21.6. The third-order valence-electron chi connectivity index (χ3n) is 6.49. The van der Waals surface area contributed by atoms with E-state index in [-0.39, 0.29) is 17.8 Å². The first-order chi connectivity index (χ1) is 17.9. The zero-order chi connectivity index (χ0) is 25.9. The zero-order valence-electron chi connectivity index (χ0n) is 19.9. The number of thiazole rings is 1. The summed E-state index contributed by atoms with van der Waals surface area (Å²) >= 11 is 7.20. The fourth-order valence-electron chi connectivity index (χ4n) is 4.56. The van der Waals surface area contributed by atoms with Crippen LogP contribution in [0.3, 0.4) is 0 Å². The van der Waals surface area contributed by atoms with Gasteiger partial charge < -0.3 is 20.9 Å². The molecule has 13 nitrogen and oxygen atoms in total. The van der Waals surface area contributed by atoms with Crippen LogP contribution in [0.2, 0.25) is 5.02 Å². The molecule has 0 spiro atoms. The third-order valence-corrected chi connectivity index (χ3v) is 7.79. The highest BCUT2D eigenvalue weighted by Gasteiger charge is 2.36. The first-order valence-electron chi connectivity index (χ1n) is 11.8. The number of nitrogens with zero attached hydrogens (tertiary/aromatic N) is 7. The van der Waals surface area contributed by atoms with Gasteiger partial charge in [-0.25, -0.2) is 14.6 Å². The molecule has 3 atom stereocenters. The van der Waals surface area contributed by atoms with Gasteiger partial charge >= 0.3 is 11.8 Å². The summed E-state index contributed by atoms with van der Waals surface area (Å²) in [6.45, 7) is 1.66. The van der Waals surface area contributed by atoms with E-state index in [1.807, 2.05) is 7.05 Å². The summed E-state index contributed by atoms with van der Waals surface area (Å²) < 4.78 is 1.65. The summed E-state index contributed by atoms with van der Waals surface area (Å²) in [5.41, 5.74) is 0.959. The van der Waals surface area contributed by atoms with Gasteiger partial charge in [-0.15, -0.1) is 16.4 Å². The number of fused-ring (bicyclic) bond motifs is 1. The molecule has 0 radical (unpaired) electrons. The van der Waals surface area contributed by atoms with Crippen LogP contribution in [0.1, 0.15) is 45.7 Å². The Morgan fingerprint density at radius 3 is 2.76 bits per heavy atom. The summed E-state index contributed by atoms with van der Waals surface area (Å²) in [6.07, 6.45) is 5.33. The SMILES string of the molecule is CN1CCc2nc(C(=O)N[C@@H]3C[C@@H](n4cnnn4)CC[C@@H]3NC(=O)C(=O)Nc3ccc(Cl)cn3)sc2C1. The average molecular weight is 545 g/mol. The molecule has 3 amide bonds. The zero-order valence-corrected chi connectivity index (χ0v) is 21.5. The summed E-state index contributed by atoms with van der Waals surface area (Å²) in [6, 6.07) is 2.04. The fraction of sp³-hybridized carbons (Fsp3) is 0.455. The average Bonchev–Trinajstić information content (AvgIpc) is 3.56. The van der Waals surface area contributed by atoms with E-state index in [9.17, 15) is 14.4 Å². The quantitative estimate of drug-likeness (QED) is 0.395. The molecule has 3 N–H and O–H groups in total. The van der Waals surface area contributed by atoms with Gasteiger partial charge in [0.2, 0.25) is 0 Å². The number of carbonyl (C=O) groups is 3. The van der Waals surface area contributed by atoms with Gasteiger partial charge in [-0.05, 0) is 48.9 Å². The van der Waals surface area contributed by atoms with E-state index in [1.165, 1.54) is 29.9 Å². The predicted molar refractivity (Wildman–Crippen MR) is 134 cm³/mol. The minimum Gasteiger partial charge on any atom is -0.345 e. The van der Waals surface area contributed by atoms with Crippen LogP contribution in [0, 0.1) is 0 Å². The van der Waals surface area contributed by atoms with Crippen LogP contribution >= 0.6 is 22.9 Å². The number of halogens is 1. The predicted octanol–water partition coefficient (Wildman–Crippen LogP) is 0.813. The maximum Gasteiger partial charge on any atom is 0.314 e. The molecule has 1 aliphatic heterocycles. The molecule has 2 aliphatic rings. The topological polar surface area (TPSA) is 160 Å². The Kier molecular flexibility index (Phi) is 7.39. The first kappa shape index (κ1) is 25.2. The van der Waals surface area contributed by atoms with Crippen LogP contribution in [-0.2, 0) is 22.6 Å². The van der Waals surface area contributed by atoms with Crippen molar-refractivity contribution < 1.29 is 14.4 Å². The van der Waals surface area contributed by atoms with Crippen molar-refractivity contribution in [1.29, 1.82) is 0 Å². The maximum absolute atomic E-state index is 13.2. The van der Waals surface area contributed by atoms with E-state index < -0.39 is 23.9 Å². The number of hydrogen-bond donors (Lipinski definition) is 3. The molecule has 1 aliphatic carbocycles. The molecule has 194 valence electrons. The number of pyridine rings is 1. The van der Waals surface area contributed by atoms with Crippen LogP contribution in [0.25, 0.3) is 0 Å². The number of aromatic nitrogens is 6. The summed E-state index contributed by atoms with van der Waals surface area (Å²) in [4.78, 5) is 50.2. The van der Waals surface area contributed by atoms with Gasteiger partial charge in [-0.3, -0.25) is 14.4 Å². The lowest BCUT2D eigenvalue weighted by Gasteiger charge is -2.36. The van der Waals surface area contributed by atoms with Gasteiger partial charge in [-0.1, -0.05) is 11.6 Å². The van der Waals surface area contributed by atoms with E-state index in [4.69, 9.17) is 11.6 Å².